The van der Waals surface area contributed by atoms with Crippen LogP contribution in [0.3, 0.4) is 0 Å². The third-order valence-corrected chi connectivity index (χ3v) is 5.59. The van der Waals surface area contributed by atoms with Gasteiger partial charge in [-0.15, -0.1) is 11.3 Å². The maximum Gasteiger partial charge on any atom is 0.240 e. The number of nitrogens with zero attached hydrogens (tertiary/aromatic N) is 3. The molecule has 3 rings (SSSR count). The van der Waals surface area contributed by atoms with Gasteiger partial charge in [-0.05, 0) is 30.7 Å². The van der Waals surface area contributed by atoms with Crippen molar-refractivity contribution >= 4 is 34.8 Å². The molecule has 1 aromatic rings. The number of thiophene rings is 1. The molecule has 0 unspecified atom stereocenters. The van der Waals surface area contributed by atoms with E-state index in [-0.39, 0.29) is 17.7 Å². The van der Waals surface area contributed by atoms with Crippen LogP contribution in [0.5, 0.6) is 0 Å². The van der Waals surface area contributed by atoms with E-state index < -0.39 is 0 Å². The molecule has 0 radical (unpaired) electrons. The Bertz CT molecular complexity index is 687. The topological polar surface area (TPSA) is 82.1 Å². The molecule has 0 aromatic carbocycles. The van der Waals surface area contributed by atoms with E-state index in [4.69, 9.17) is 0 Å². The van der Waals surface area contributed by atoms with Crippen LogP contribution in [0.1, 0.15) is 37.0 Å². The van der Waals surface area contributed by atoms with Gasteiger partial charge in [0, 0.05) is 49.6 Å². The number of nitrogens with one attached hydrogen (secondary N) is 1. The Hall–Kier alpha value is -2.22. The predicted molar refractivity (Wildman–Crippen MR) is 99.8 cm³/mol. The van der Waals surface area contributed by atoms with Gasteiger partial charge >= 0.3 is 0 Å². The summed E-state index contributed by atoms with van der Waals surface area (Å²) < 4.78 is 0. The molecule has 1 fully saturated rings. The highest BCUT2D eigenvalue weighted by atomic mass is 32.1. The van der Waals surface area contributed by atoms with E-state index in [1.807, 2.05) is 27.3 Å². The number of rotatable bonds is 5. The van der Waals surface area contributed by atoms with Crippen LogP contribution in [-0.2, 0) is 20.8 Å². The highest BCUT2D eigenvalue weighted by Gasteiger charge is 2.22. The van der Waals surface area contributed by atoms with E-state index in [2.05, 4.69) is 10.5 Å². The first-order valence-electron chi connectivity index (χ1n) is 9.04. The minimum atomic E-state index is -0.0695. The molecule has 0 bridgehead atoms. The third-order valence-electron chi connectivity index (χ3n) is 4.71. The zero-order valence-corrected chi connectivity index (χ0v) is 15.6. The lowest BCUT2D eigenvalue weighted by Crippen LogP contribution is -2.38. The summed E-state index contributed by atoms with van der Waals surface area (Å²) >= 11 is 1.60. The fourth-order valence-electron chi connectivity index (χ4n) is 3.19. The van der Waals surface area contributed by atoms with Crippen molar-refractivity contribution in [3.63, 3.8) is 0 Å². The zero-order valence-electron chi connectivity index (χ0n) is 14.8. The maximum atomic E-state index is 12.5. The fraction of sp³-hybridized carbons (Fsp3) is 0.556. The van der Waals surface area contributed by atoms with E-state index >= 15 is 0 Å². The first kappa shape index (κ1) is 18.6. The van der Waals surface area contributed by atoms with E-state index in [0.29, 0.717) is 58.3 Å². The summed E-state index contributed by atoms with van der Waals surface area (Å²) in [6, 6.07) is 3.94. The molecule has 3 heterocycles. The smallest absolute Gasteiger partial charge is 0.240 e. The Balaban J connectivity index is 1.44. The van der Waals surface area contributed by atoms with Crippen LogP contribution in [0.15, 0.2) is 22.6 Å². The van der Waals surface area contributed by atoms with Crippen LogP contribution in [0, 0.1) is 0 Å². The molecule has 1 N–H and O–H groups in total. The molecule has 26 heavy (non-hydrogen) atoms. The quantitative estimate of drug-likeness (QED) is 0.843. The van der Waals surface area contributed by atoms with E-state index in [9.17, 15) is 14.4 Å². The second-order valence-electron chi connectivity index (χ2n) is 6.58. The summed E-state index contributed by atoms with van der Waals surface area (Å²) in [7, 11) is 0. The van der Waals surface area contributed by atoms with Crippen molar-refractivity contribution in [3.05, 3.63) is 22.4 Å². The van der Waals surface area contributed by atoms with Crippen LogP contribution in [0.25, 0.3) is 0 Å². The number of amides is 3. The lowest BCUT2D eigenvalue weighted by atomic mass is 10.1. The normalized spacial score (nSPS) is 18.2. The second-order valence-corrected chi connectivity index (χ2v) is 7.62. The van der Waals surface area contributed by atoms with Crippen LogP contribution >= 0.6 is 11.3 Å². The minimum absolute atomic E-state index is 0.0695. The summed E-state index contributed by atoms with van der Waals surface area (Å²) in [6.07, 6.45) is 3.30. The monoisotopic (exact) mass is 376 g/mol. The summed E-state index contributed by atoms with van der Waals surface area (Å²) in [5.74, 6) is 0.158. The van der Waals surface area contributed by atoms with E-state index in [0.717, 1.165) is 17.0 Å². The van der Waals surface area contributed by atoms with Crippen molar-refractivity contribution in [2.45, 2.75) is 38.5 Å². The molecule has 7 nitrogen and oxygen atoms in total. The van der Waals surface area contributed by atoms with Gasteiger partial charge in [0.25, 0.3) is 0 Å². The van der Waals surface area contributed by atoms with Gasteiger partial charge in [-0.25, -0.2) is 5.43 Å². The first-order chi connectivity index (χ1) is 12.6. The van der Waals surface area contributed by atoms with Gasteiger partial charge in [0.05, 0.1) is 6.42 Å². The molecule has 0 saturated carbocycles. The Morgan fingerprint density at radius 3 is 2.54 bits per heavy atom. The number of carbonyl (C=O) groups excluding carboxylic acids is 3. The Labute approximate surface area is 157 Å². The molecule has 1 saturated heterocycles. The standard InChI is InChI=1S/C18H24N4O3S/c23-16-6-4-14(19-20-16)5-7-17(24)21-8-2-9-22(11-10-21)18(25)13-15-3-1-12-26-15/h1,3,12H,2,4-11,13H2,(H,20,23). The number of hydrogen-bond donors (Lipinski definition) is 1. The highest BCUT2D eigenvalue weighted by molar-refractivity contribution is 7.10. The van der Waals surface area contributed by atoms with Crippen molar-refractivity contribution < 1.29 is 14.4 Å². The van der Waals surface area contributed by atoms with Crippen LogP contribution in [0.4, 0.5) is 0 Å². The van der Waals surface area contributed by atoms with Crippen molar-refractivity contribution in [1.82, 2.24) is 15.2 Å². The second kappa shape index (κ2) is 8.93. The van der Waals surface area contributed by atoms with Crippen molar-refractivity contribution in [2.75, 3.05) is 26.2 Å². The molecule has 0 aliphatic carbocycles. The first-order valence-corrected chi connectivity index (χ1v) is 9.92. The summed E-state index contributed by atoms with van der Waals surface area (Å²) in [6.45, 7) is 2.56. The van der Waals surface area contributed by atoms with E-state index in [1.54, 1.807) is 11.3 Å². The average molecular weight is 376 g/mol. The Morgan fingerprint density at radius 1 is 1.12 bits per heavy atom. The number of carbonyl (C=O) groups is 3. The third kappa shape index (κ3) is 5.14. The summed E-state index contributed by atoms with van der Waals surface area (Å²) in [4.78, 5) is 40.8. The van der Waals surface area contributed by atoms with Gasteiger partial charge in [-0.1, -0.05) is 6.07 Å². The van der Waals surface area contributed by atoms with Gasteiger partial charge in [-0.3, -0.25) is 14.4 Å². The average Bonchev–Trinajstić information content (AvgIpc) is 3.02. The SMILES string of the molecule is O=C1CCC(CCC(=O)N2CCCN(C(=O)Cc3cccs3)CC2)=NN1. The van der Waals surface area contributed by atoms with E-state index in [1.165, 1.54) is 0 Å². The Morgan fingerprint density at radius 2 is 1.88 bits per heavy atom. The largest absolute Gasteiger partial charge is 0.341 e. The van der Waals surface area contributed by atoms with Gasteiger partial charge < -0.3 is 9.80 Å². The zero-order chi connectivity index (χ0) is 18.4. The molecule has 8 heteroatoms. The summed E-state index contributed by atoms with van der Waals surface area (Å²) in [5, 5.41) is 5.99. The summed E-state index contributed by atoms with van der Waals surface area (Å²) in [5.41, 5.74) is 3.34. The lowest BCUT2D eigenvalue weighted by molar-refractivity contribution is -0.133. The maximum absolute atomic E-state index is 12.5. The fourth-order valence-corrected chi connectivity index (χ4v) is 3.89. The minimum Gasteiger partial charge on any atom is -0.341 e. The van der Waals surface area contributed by atoms with Crippen molar-refractivity contribution in [1.29, 1.82) is 0 Å². The molecule has 1 aromatic heterocycles. The molecule has 2 aliphatic heterocycles. The molecule has 2 aliphatic rings. The number of hydrogen-bond acceptors (Lipinski definition) is 5. The highest BCUT2D eigenvalue weighted by Crippen LogP contribution is 2.13. The molecular weight excluding hydrogens is 352 g/mol. The lowest BCUT2D eigenvalue weighted by Gasteiger charge is -2.22. The molecule has 0 spiro atoms. The van der Waals surface area contributed by atoms with Gasteiger partial charge in [-0.2, -0.15) is 5.10 Å². The van der Waals surface area contributed by atoms with Crippen molar-refractivity contribution in [3.8, 4) is 0 Å². The van der Waals surface area contributed by atoms with Gasteiger partial charge in [0.2, 0.25) is 17.7 Å². The Kier molecular flexibility index (Phi) is 6.38. The molecule has 3 amide bonds. The van der Waals surface area contributed by atoms with Crippen LogP contribution < -0.4 is 5.43 Å². The van der Waals surface area contributed by atoms with Crippen LogP contribution in [0.2, 0.25) is 0 Å². The van der Waals surface area contributed by atoms with Gasteiger partial charge in [0.15, 0.2) is 0 Å². The predicted octanol–water partition coefficient (Wildman–Crippen LogP) is 1.40. The molecular formula is C18H24N4O3S. The molecule has 0 atom stereocenters. The van der Waals surface area contributed by atoms with Gasteiger partial charge in [0.1, 0.15) is 0 Å². The number of hydrazone groups is 1. The van der Waals surface area contributed by atoms with Crippen LogP contribution in [-0.4, -0.2) is 59.4 Å². The van der Waals surface area contributed by atoms with Crippen molar-refractivity contribution in [2.24, 2.45) is 5.10 Å². The molecule has 140 valence electrons.